The first-order valence-corrected chi connectivity index (χ1v) is 11.3. The van der Waals surface area contributed by atoms with Crippen LogP contribution in [-0.2, 0) is 19.4 Å². The number of aryl methyl sites for hydroxylation is 2. The molecular formula is C24H20N6OS. The minimum Gasteiger partial charge on any atom is -0.298 e. The molecule has 4 aromatic rings. The Bertz CT molecular complexity index is 1290. The third kappa shape index (κ3) is 4.29. The van der Waals surface area contributed by atoms with Gasteiger partial charge >= 0.3 is 0 Å². The summed E-state index contributed by atoms with van der Waals surface area (Å²) in [4.78, 5) is 18.7. The van der Waals surface area contributed by atoms with E-state index in [1.54, 1.807) is 34.2 Å². The number of carbonyl (C=O) groups excluding carboxylic acids is 1. The van der Waals surface area contributed by atoms with Gasteiger partial charge < -0.3 is 0 Å². The zero-order chi connectivity index (χ0) is 21.9. The fourth-order valence-corrected chi connectivity index (χ4v) is 4.84. The van der Waals surface area contributed by atoms with Crippen LogP contribution in [0.5, 0.6) is 0 Å². The van der Waals surface area contributed by atoms with E-state index in [2.05, 4.69) is 26.7 Å². The normalized spacial score (nSPS) is 12.7. The lowest BCUT2D eigenvalue weighted by atomic mass is 10.0. The van der Waals surface area contributed by atoms with E-state index in [0.717, 1.165) is 35.4 Å². The summed E-state index contributed by atoms with van der Waals surface area (Å²) in [7, 11) is 0. The van der Waals surface area contributed by atoms with E-state index in [4.69, 9.17) is 5.26 Å². The molecule has 0 unspecified atom stereocenters. The monoisotopic (exact) mass is 440 g/mol. The van der Waals surface area contributed by atoms with Crippen LogP contribution >= 0.6 is 11.3 Å². The highest BCUT2D eigenvalue weighted by atomic mass is 32.1. The van der Waals surface area contributed by atoms with E-state index in [0.29, 0.717) is 22.8 Å². The van der Waals surface area contributed by atoms with Crippen molar-refractivity contribution >= 4 is 22.4 Å². The van der Waals surface area contributed by atoms with Crippen molar-refractivity contribution < 1.29 is 4.79 Å². The van der Waals surface area contributed by atoms with Gasteiger partial charge in [0.15, 0.2) is 5.13 Å². The number of nitrogens with one attached hydrogen (secondary N) is 1. The number of nitrogens with zero attached hydrogens (tertiary/aromatic N) is 5. The van der Waals surface area contributed by atoms with Crippen LogP contribution < -0.4 is 5.32 Å². The van der Waals surface area contributed by atoms with Crippen LogP contribution in [0.2, 0.25) is 0 Å². The number of fused-ring (bicyclic) bond motifs is 1. The number of carbonyl (C=O) groups is 1. The maximum absolute atomic E-state index is 12.8. The first kappa shape index (κ1) is 20.1. The number of thiazole rings is 1. The molecule has 2 aromatic carbocycles. The maximum Gasteiger partial charge on any atom is 0.257 e. The van der Waals surface area contributed by atoms with Crippen LogP contribution in [-0.4, -0.2) is 25.9 Å². The van der Waals surface area contributed by atoms with Gasteiger partial charge in [0.2, 0.25) is 0 Å². The summed E-state index contributed by atoms with van der Waals surface area (Å²) in [5.41, 5.74) is 4.91. The van der Waals surface area contributed by atoms with Gasteiger partial charge in [0.25, 0.3) is 5.91 Å². The van der Waals surface area contributed by atoms with Gasteiger partial charge in [-0.25, -0.2) is 9.67 Å². The Balaban J connectivity index is 1.28. The second-order valence-corrected chi connectivity index (χ2v) is 8.82. The second kappa shape index (κ2) is 8.73. The van der Waals surface area contributed by atoms with Crippen molar-refractivity contribution in [3.63, 3.8) is 0 Å². The molecule has 32 heavy (non-hydrogen) atoms. The number of rotatable bonds is 5. The van der Waals surface area contributed by atoms with Gasteiger partial charge in [-0.1, -0.05) is 29.5 Å². The molecule has 1 aliphatic carbocycles. The topological polar surface area (TPSA) is 96.5 Å². The van der Waals surface area contributed by atoms with Crippen molar-refractivity contribution in [1.29, 1.82) is 5.26 Å². The quantitative estimate of drug-likeness (QED) is 0.494. The molecule has 2 aromatic heterocycles. The first-order chi connectivity index (χ1) is 15.7. The Hall–Kier alpha value is -3.83. The van der Waals surface area contributed by atoms with Crippen LogP contribution in [0, 0.1) is 11.3 Å². The summed E-state index contributed by atoms with van der Waals surface area (Å²) < 4.78 is 1.74. The van der Waals surface area contributed by atoms with Crippen molar-refractivity contribution in [3.8, 4) is 17.3 Å². The number of aromatic nitrogens is 4. The third-order valence-corrected chi connectivity index (χ3v) is 6.52. The average molecular weight is 441 g/mol. The minimum atomic E-state index is -0.158. The summed E-state index contributed by atoms with van der Waals surface area (Å²) in [6.07, 6.45) is 6.27. The van der Waals surface area contributed by atoms with Crippen LogP contribution in [0.15, 0.2) is 54.7 Å². The first-order valence-electron chi connectivity index (χ1n) is 10.5. The number of amides is 1. The Morgan fingerprint density at radius 3 is 2.81 bits per heavy atom. The molecule has 158 valence electrons. The lowest BCUT2D eigenvalue weighted by Gasteiger charge is -2.06. The molecule has 1 N–H and O–H groups in total. The second-order valence-electron chi connectivity index (χ2n) is 7.74. The van der Waals surface area contributed by atoms with Crippen molar-refractivity contribution in [3.05, 3.63) is 82.0 Å². The van der Waals surface area contributed by atoms with Crippen molar-refractivity contribution in [2.75, 3.05) is 5.32 Å². The van der Waals surface area contributed by atoms with Crippen LogP contribution in [0.1, 0.15) is 44.9 Å². The average Bonchev–Trinajstić information content (AvgIpc) is 3.46. The number of hydrogen-bond donors (Lipinski definition) is 1. The predicted molar refractivity (Wildman–Crippen MR) is 122 cm³/mol. The molecular weight excluding hydrogens is 420 g/mol. The molecule has 2 heterocycles. The predicted octanol–water partition coefficient (Wildman–Crippen LogP) is 4.45. The Labute approximate surface area is 189 Å². The maximum atomic E-state index is 12.8. The van der Waals surface area contributed by atoms with Crippen molar-refractivity contribution in [2.45, 2.75) is 32.2 Å². The summed E-state index contributed by atoms with van der Waals surface area (Å²) >= 11 is 1.58. The van der Waals surface area contributed by atoms with Crippen molar-refractivity contribution in [1.82, 2.24) is 20.0 Å². The van der Waals surface area contributed by atoms with Gasteiger partial charge in [0.05, 0.1) is 30.1 Å². The smallest absolute Gasteiger partial charge is 0.257 e. The molecule has 0 saturated carbocycles. The molecule has 8 heteroatoms. The summed E-state index contributed by atoms with van der Waals surface area (Å²) in [6, 6.07) is 16.8. The van der Waals surface area contributed by atoms with Crippen LogP contribution in [0.3, 0.4) is 0 Å². The SMILES string of the molecule is N#Cc1ccc(-c2cn(Cc3cccc(C(=O)Nc4nc5c(s4)CCCC5)c3)nn2)cc1. The largest absolute Gasteiger partial charge is 0.298 e. The molecule has 0 radical (unpaired) electrons. The van der Waals surface area contributed by atoms with Gasteiger partial charge in [0.1, 0.15) is 5.69 Å². The standard InChI is InChI=1S/C24H20N6OS/c25-13-16-8-10-18(11-9-16)21-15-30(29-28-21)14-17-4-3-5-19(12-17)23(31)27-24-26-20-6-1-2-7-22(20)32-24/h3-5,8-12,15H,1-2,6-7,14H2,(H,26,27,31). The summed E-state index contributed by atoms with van der Waals surface area (Å²) in [5.74, 6) is -0.158. The minimum absolute atomic E-state index is 0.158. The zero-order valence-corrected chi connectivity index (χ0v) is 18.1. The lowest BCUT2D eigenvalue weighted by molar-refractivity contribution is 0.102. The van der Waals surface area contributed by atoms with Crippen LogP contribution in [0.25, 0.3) is 11.3 Å². The summed E-state index contributed by atoms with van der Waals surface area (Å²) in [6.45, 7) is 0.496. The van der Waals surface area contributed by atoms with Gasteiger partial charge in [-0.05, 0) is 55.5 Å². The molecule has 0 fully saturated rings. The van der Waals surface area contributed by atoms with E-state index in [-0.39, 0.29) is 5.91 Å². The fourth-order valence-electron chi connectivity index (χ4n) is 3.80. The highest BCUT2D eigenvalue weighted by Gasteiger charge is 2.17. The molecule has 5 rings (SSSR count). The van der Waals surface area contributed by atoms with Gasteiger partial charge in [-0.3, -0.25) is 10.1 Å². The molecule has 7 nitrogen and oxygen atoms in total. The molecule has 1 amide bonds. The fraction of sp³-hybridized carbons (Fsp3) is 0.208. The lowest BCUT2D eigenvalue weighted by Crippen LogP contribution is -2.12. The third-order valence-electron chi connectivity index (χ3n) is 5.45. The van der Waals surface area contributed by atoms with E-state index in [1.807, 2.05) is 36.5 Å². The van der Waals surface area contributed by atoms with E-state index in [9.17, 15) is 4.79 Å². The molecule has 1 aliphatic rings. The van der Waals surface area contributed by atoms with Crippen molar-refractivity contribution in [2.24, 2.45) is 0 Å². The zero-order valence-electron chi connectivity index (χ0n) is 17.3. The number of benzene rings is 2. The van der Waals surface area contributed by atoms with Gasteiger partial charge in [0, 0.05) is 16.0 Å². The highest BCUT2D eigenvalue weighted by Crippen LogP contribution is 2.29. The number of anilines is 1. The molecule has 0 aliphatic heterocycles. The molecule has 0 saturated heterocycles. The van der Waals surface area contributed by atoms with E-state index >= 15 is 0 Å². The highest BCUT2D eigenvalue weighted by molar-refractivity contribution is 7.15. The molecule has 0 atom stereocenters. The van der Waals surface area contributed by atoms with E-state index < -0.39 is 0 Å². The van der Waals surface area contributed by atoms with Gasteiger partial charge in [-0.15, -0.1) is 16.4 Å². The van der Waals surface area contributed by atoms with Gasteiger partial charge in [-0.2, -0.15) is 5.26 Å². The molecule has 0 bridgehead atoms. The van der Waals surface area contributed by atoms with E-state index in [1.165, 1.54) is 17.7 Å². The Kier molecular flexibility index (Phi) is 5.48. The summed E-state index contributed by atoms with van der Waals surface area (Å²) in [5, 5.41) is 21.0. The Morgan fingerprint density at radius 2 is 2.00 bits per heavy atom. The number of hydrogen-bond acceptors (Lipinski definition) is 6. The van der Waals surface area contributed by atoms with Crippen LogP contribution in [0.4, 0.5) is 5.13 Å². The molecule has 0 spiro atoms. The Morgan fingerprint density at radius 1 is 1.16 bits per heavy atom. The number of nitriles is 1.